The lowest BCUT2D eigenvalue weighted by Crippen LogP contribution is -2.06. The number of methoxy groups -OCH3 is 1. The molecule has 178 valence electrons. The number of esters is 1. The van der Waals surface area contributed by atoms with Crippen molar-refractivity contribution in [1.29, 1.82) is 0 Å². The summed E-state index contributed by atoms with van der Waals surface area (Å²) in [4.78, 5) is 27.4. The molecule has 0 spiro atoms. The Morgan fingerprint density at radius 1 is 1.14 bits per heavy atom. The van der Waals surface area contributed by atoms with E-state index in [2.05, 4.69) is 36.9 Å². The number of ether oxygens (including phenoxy) is 3. The number of carbonyl (C=O) groups is 1. The third-order valence-corrected chi connectivity index (χ3v) is 6.18. The van der Waals surface area contributed by atoms with Crippen molar-refractivity contribution in [2.24, 2.45) is 4.99 Å². The van der Waals surface area contributed by atoms with Crippen molar-refractivity contribution in [2.75, 3.05) is 7.11 Å². The molecule has 0 saturated heterocycles. The molecule has 0 N–H and O–H groups in total. The number of halogens is 2. The molecule has 0 aliphatic carbocycles. The van der Waals surface area contributed by atoms with Gasteiger partial charge in [0.25, 0.3) is 5.69 Å². The van der Waals surface area contributed by atoms with Crippen LogP contribution in [0.3, 0.4) is 0 Å². The maximum Gasteiger partial charge on any atom is 0.363 e. The lowest BCUT2D eigenvalue weighted by molar-refractivity contribution is -0.385. The van der Waals surface area contributed by atoms with Gasteiger partial charge in [0.2, 0.25) is 5.90 Å². The van der Waals surface area contributed by atoms with Gasteiger partial charge in [-0.1, -0.05) is 34.1 Å². The summed E-state index contributed by atoms with van der Waals surface area (Å²) >= 11 is 6.95. The maximum atomic E-state index is 12.4. The van der Waals surface area contributed by atoms with Crippen LogP contribution >= 0.6 is 31.9 Å². The summed E-state index contributed by atoms with van der Waals surface area (Å²) in [5.74, 6) is 0.323. The molecule has 8 nitrogen and oxygen atoms in total. The van der Waals surface area contributed by atoms with Gasteiger partial charge in [0.1, 0.15) is 6.61 Å². The van der Waals surface area contributed by atoms with E-state index < -0.39 is 10.9 Å². The summed E-state index contributed by atoms with van der Waals surface area (Å²) in [6, 6.07) is 15.8. The molecule has 0 aromatic heterocycles. The Labute approximate surface area is 217 Å². The molecule has 1 aliphatic heterocycles. The summed E-state index contributed by atoms with van der Waals surface area (Å²) in [5, 5.41) is 11.2. The lowest BCUT2D eigenvalue weighted by Gasteiger charge is -2.14. The van der Waals surface area contributed by atoms with Crippen molar-refractivity contribution >= 4 is 55.5 Å². The largest absolute Gasteiger partial charge is 0.493 e. The van der Waals surface area contributed by atoms with Crippen molar-refractivity contribution in [1.82, 2.24) is 0 Å². The minimum absolute atomic E-state index is 0.00403. The minimum atomic E-state index is -0.659. The van der Waals surface area contributed by atoms with E-state index in [9.17, 15) is 14.9 Å². The normalized spacial score (nSPS) is 14.0. The van der Waals surface area contributed by atoms with E-state index in [1.807, 2.05) is 24.3 Å². The van der Waals surface area contributed by atoms with Crippen LogP contribution in [-0.4, -0.2) is 23.9 Å². The van der Waals surface area contributed by atoms with E-state index >= 15 is 0 Å². The van der Waals surface area contributed by atoms with Crippen LogP contribution in [0.1, 0.15) is 22.3 Å². The molecule has 0 amide bonds. The first-order valence-electron chi connectivity index (χ1n) is 10.3. The van der Waals surface area contributed by atoms with Crippen molar-refractivity contribution < 1.29 is 23.9 Å². The van der Waals surface area contributed by atoms with E-state index in [0.717, 1.165) is 10.0 Å². The molecule has 0 saturated carbocycles. The Morgan fingerprint density at radius 2 is 1.94 bits per heavy atom. The molecule has 10 heteroatoms. The Hall–Kier alpha value is -3.50. The number of aryl methyl sites for hydroxylation is 1. The number of benzene rings is 3. The molecule has 0 unspecified atom stereocenters. The zero-order chi connectivity index (χ0) is 25.1. The molecule has 35 heavy (non-hydrogen) atoms. The third-order valence-electron chi connectivity index (χ3n) is 5.10. The Bertz CT molecular complexity index is 1400. The van der Waals surface area contributed by atoms with Crippen LogP contribution in [0, 0.1) is 17.0 Å². The average Bonchev–Trinajstić information content (AvgIpc) is 3.18. The standard InChI is InChI=1S/C25H18Br2N2O6/c1-14-6-7-17(12-21(14)29(31)32)24-28-20(25(30)35-24)10-16-9-19(27)23(22(11-16)33-2)34-13-15-4-3-5-18(26)8-15/h3-12H,13H2,1-2H3/b20-10-. The van der Waals surface area contributed by atoms with Crippen molar-refractivity contribution in [3.63, 3.8) is 0 Å². The quantitative estimate of drug-likeness (QED) is 0.135. The first-order chi connectivity index (χ1) is 16.7. The van der Waals surface area contributed by atoms with Gasteiger partial charge in [-0.15, -0.1) is 0 Å². The van der Waals surface area contributed by atoms with E-state index in [4.69, 9.17) is 14.2 Å². The summed E-state index contributed by atoms with van der Waals surface area (Å²) < 4.78 is 18.3. The number of nitro groups is 1. The topological polar surface area (TPSA) is 100 Å². The summed E-state index contributed by atoms with van der Waals surface area (Å²) in [6.07, 6.45) is 1.54. The SMILES string of the molecule is COc1cc(/C=C2\N=C(c3ccc(C)c([N+](=O)[O-])c3)OC2=O)cc(Br)c1OCc1cccc(Br)c1. The predicted molar refractivity (Wildman–Crippen MR) is 138 cm³/mol. The fourth-order valence-corrected chi connectivity index (χ4v) is 4.40. The smallest absolute Gasteiger partial charge is 0.363 e. The van der Waals surface area contributed by atoms with E-state index in [1.54, 1.807) is 37.3 Å². The fourth-order valence-electron chi connectivity index (χ4n) is 3.38. The summed E-state index contributed by atoms with van der Waals surface area (Å²) in [7, 11) is 1.52. The highest BCUT2D eigenvalue weighted by Crippen LogP contribution is 2.38. The predicted octanol–water partition coefficient (Wildman–Crippen LogP) is 6.36. The second-order valence-electron chi connectivity index (χ2n) is 7.55. The summed E-state index contributed by atoms with van der Waals surface area (Å²) in [5.41, 5.74) is 2.42. The van der Waals surface area contributed by atoms with Gasteiger partial charge in [0, 0.05) is 21.7 Å². The van der Waals surface area contributed by atoms with Crippen LogP contribution in [0.2, 0.25) is 0 Å². The Kier molecular flexibility index (Phi) is 7.32. The number of nitro benzene ring substituents is 1. The third kappa shape index (κ3) is 5.60. The van der Waals surface area contributed by atoms with Crippen LogP contribution in [0.5, 0.6) is 11.5 Å². The van der Waals surface area contributed by atoms with Gasteiger partial charge in [0.05, 0.1) is 16.5 Å². The molecule has 0 atom stereocenters. The number of rotatable bonds is 7. The Morgan fingerprint density at radius 3 is 2.66 bits per heavy atom. The highest BCUT2D eigenvalue weighted by Gasteiger charge is 2.26. The van der Waals surface area contributed by atoms with Gasteiger partial charge >= 0.3 is 5.97 Å². The van der Waals surface area contributed by atoms with Crippen LogP contribution in [-0.2, 0) is 16.1 Å². The maximum absolute atomic E-state index is 12.4. The average molecular weight is 602 g/mol. The number of cyclic esters (lactones) is 1. The van der Waals surface area contributed by atoms with E-state index in [0.29, 0.717) is 39.3 Å². The molecule has 1 aliphatic rings. The van der Waals surface area contributed by atoms with Crippen LogP contribution < -0.4 is 9.47 Å². The molecular weight excluding hydrogens is 584 g/mol. The molecule has 0 fully saturated rings. The highest BCUT2D eigenvalue weighted by molar-refractivity contribution is 9.10. The van der Waals surface area contributed by atoms with Gasteiger partial charge < -0.3 is 14.2 Å². The number of hydrogen-bond donors (Lipinski definition) is 0. The highest BCUT2D eigenvalue weighted by atomic mass is 79.9. The van der Waals surface area contributed by atoms with Crippen LogP contribution in [0.15, 0.2) is 74.2 Å². The van der Waals surface area contributed by atoms with Gasteiger partial charge in [-0.25, -0.2) is 9.79 Å². The monoisotopic (exact) mass is 600 g/mol. The molecule has 4 rings (SSSR count). The first kappa shape index (κ1) is 24.6. The van der Waals surface area contributed by atoms with Gasteiger partial charge in [-0.05, 0) is 70.4 Å². The number of aliphatic imine (C=N–C) groups is 1. The number of nitrogens with zero attached hydrogens (tertiary/aromatic N) is 2. The summed E-state index contributed by atoms with van der Waals surface area (Å²) in [6.45, 7) is 1.96. The number of hydrogen-bond acceptors (Lipinski definition) is 7. The van der Waals surface area contributed by atoms with Crippen molar-refractivity contribution in [3.8, 4) is 11.5 Å². The van der Waals surface area contributed by atoms with Gasteiger partial charge in [-0.2, -0.15) is 0 Å². The van der Waals surface area contributed by atoms with Gasteiger partial charge in [0.15, 0.2) is 17.2 Å². The molecular formula is C25H18Br2N2O6. The second kappa shape index (κ2) is 10.4. The molecule has 0 bridgehead atoms. The second-order valence-corrected chi connectivity index (χ2v) is 9.32. The van der Waals surface area contributed by atoms with Crippen LogP contribution in [0.4, 0.5) is 5.69 Å². The van der Waals surface area contributed by atoms with E-state index in [1.165, 1.54) is 13.2 Å². The van der Waals surface area contributed by atoms with Gasteiger partial charge in [-0.3, -0.25) is 10.1 Å². The van der Waals surface area contributed by atoms with Crippen molar-refractivity contribution in [2.45, 2.75) is 13.5 Å². The van der Waals surface area contributed by atoms with Crippen molar-refractivity contribution in [3.05, 3.63) is 102 Å². The molecule has 3 aromatic rings. The lowest BCUT2D eigenvalue weighted by atomic mass is 10.1. The Balaban J connectivity index is 1.61. The zero-order valence-corrected chi connectivity index (χ0v) is 21.8. The minimum Gasteiger partial charge on any atom is -0.493 e. The molecule has 1 heterocycles. The molecule has 0 radical (unpaired) electrons. The first-order valence-corrected chi connectivity index (χ1v) is 11.9. The fraction of sp³-hybridized carbons (Fsp3) is 0.120. The van der Waals surface area contributed by atoms with E-state index in [-0.39, 0.29) is 17.3 Å². The molecule has 3 aromatic carbocycles. The number of carbonyl (C=O) groups excluding carboxylic acids is 1. The zero-order valence-electron chi connectivity index (χ0n) is 18.6. The van der Waals surface area contributed by atoms with Crippen LogP contribution in [0.25, 0.3) is 6.08 Å².